The van der Waals surface area contributed by atoms with Gasteiger partial charge in [0.1, 0.15) is 5.60 Å². The number of nitro groups is 1. The number of benzene rings is 1. The highest BCUT2D eigenvalue weighted by Crippen LogP contribution is 2.42. The molecule has 0 N–H and O–H groups in total. The fourth-order valence-corrected chi connectivity index (χ4v) is 4.59. The van der Waals surface area contributed by atoms with Gasteiger partial charge >= 0.3 is 18.4 Å². The minimum absolute atomic E-state index is 0.00840. The molecule has 1 amide bonds. The highest BCUT2D eigenvalue weighted by atomic mass is 16.7. The summed E-state index contributed by atoms with van der Waals surface area (Å²) in [6.07, 6.45) is 2.37. The molecule has 1 saturated heterocycles. The van der Waals surface area contributed by atoms with Crippen LogP contribution in [0.2, 0.25) is 0 Å². The molecular weight excluding hydrogens is 502 g/mol. The van der Waals surface area contributed by atoms with Gasteiger partial charge in [-0.15, -0.1) is 0 Å². The predicted octanol–water partition coefficient (Wildman–Crippen LogP) is 3.75. The lowest BCUT2D eigenvalue weighted by Crippen LogP contribution is -2.56. The van der Waals surface area contributed by atoms with Crippen molar-refractivity contribution in [3.63, 3.8) is 0 Å². The fourth-order valence-electron chi connectivity index (χ4n) is 4.59. The van der Waals surface area contributed by atoms with E-state index in [1.807, 2.05) is 41.5 Å². The average Bonchev–Trinajstić information content (AvgIpc) is 3.37. The second kappa shape index (κ2) is 13.7. The van der Waals surface area contributed by atoms with Crippen LogP contribution in [0.4, 0.5) is 10.5 Å². The number of hydrazine groups is 1. The summed E-state index contributed by atoms with van der Waals surface area (Å²) in [6.45, 7) is 14.3. The lowest BCUT2D eigenvalue weighted by molar-refractivity contribution is -0.385. The molecule has 210 valence electrons. The molecule has 13 heteroatoms. The highest BCUT2D eigenvalue weighted by molar-refractivity contribution is 5.68. The van der Waals surface area contributed by atoms with Crippen LogP contribution in [0.1, 0.15) is 66.9 Å². The summed E-state index contributed by atoms with van der Waals surface area (Å²) < 4.78 is 16.5. The number of rotatable bonds is 5. The van der Waals surface area contributed by atoms with Crippen LogP contribution in [0, 0.1) is 16.0 Å². The molecule has 1 aromatic carbocycles. The first-order chi connectivity index (χ1) is 17.6. The molecule has 0 aromatic heterocycles. The van der Waals surface area contributed by atoms with Crippen LogP contribution in [0.3, 0.4) is 0 Å². The zero-order valence-corrected chi connectivity index (χ0v) is 22.8. The van der Waals surface area contributed by atoms with E-state index in [0.29, 0.717) is 30.0 Å². The topological polar surface area (TPSA) is 163 Å². The number of amides is 1. The maximum Gasteiger partial charge on any atom is 0.425 e. The molecule has 0 radical (unpaired) electrons. The summed E-state index contributed by atoms with van der Waals surface area (Å²) in [5.41, 5.74) is -0.427. The molecule has 1 aromatic rings. The van der Waals surface area contributed by atoms with Gasteiger partial charge in [0.15, 0.2) is 11.5 Å². The van der Waals surface area contributed by atoms with Crippen LogP contribution in [-0.4, -0.2) is 63.9 Å². The Kier molecular flexibility index (Phi) is 11.6. The molecule has 2 heterocycles. The smallest absolute Gasteiger partial charge is 0.425 e. The van der Waals surface area contributed by atoms with Gasteiger partial charge in [0.2, 0.25) is 6.79 Å². The Morgan fingerprint density at radius 3 is 2.05 bits per heavy atom. The summed E-state index contributed by atoms with van der Waals surface area (Å²) in [7, 11) is 0. The Labute approximate surface area is 221 Å². The van der Waals surface area contributed by atoms with Crippen LogP contribution < -0.4 is 9.47 Å². The first-order valence-corrected chi connectivity index (χ1v) is 12.0. The molecule has 0 spiro atoms. The third-order valence-corrected chi connectivity index (χ3v) is 5.68. The summed E-state index contributed by atoms with van der Waals surface area (Å²) >= 11 is 0. The van der Waals surface area contributed by atoms with E-state index < -0.39 is 17.2 Å². The normalized spacial score (nSPS) is 18.2. The molecular formula is C25H35N3O10. The average molecular weight is 538 g/mol. The zero-order chi connectivity index (χ0) is 29.3. The molecule has 38 heavy (non-hydrogen) atoms. The van der Waals surface area contributed by atoms with Gasteiger partial charge in [-0.3, -0.25) is 10.1 Å². The molecule has 0 unspecified atom stereocenters. The number of carbonyl (C=O) groups excluding carboxylic acids is 5. The molecule has 0 saturated carbocycles. The largest absolute Gasteiger partial charge is 0.454 e. The quantitative estimate of drug-likeness (QED) is 0.397. The van der Waals surface area contributed by atoms with Gasteiger partial charge in [-0.1, -0.05) is 13.3 Å². The van der Waals surface area contributed by atoms with Crippen molar-refractivity contribution >= 4 is 24.1 Å². The first-order valence-electron chi connectivity index (χ1n) is 12.0. The molecule has 1 fully saturated rings. The molecule has 0 aliphatic carbocycles. The zero-order valence-electron chi connectivity index (χ0n) is 22.8. The summed E-state index contributed by atoms with van der Waals surface area (Å²) in [5, 5.41) is 15.6. The van der Waals surface area contributed by atoms with E-state index in [1.165, 1.54) is 6.07 Å². The molecule has 3 rings (SSSR count). The Hall–Kier alpha value is -3.79. The third kappa shape index (κ3) is 8.65. The van der Waals surface area contributed by atoms with Crippen LogP contribution in [0.5, 0.6) is 11.5 Å². The third-order valence-electron chi connectivity index (χ3n) is 5.68. The van der Waals surface area contributed by atoms with Gasteiger partial charge in [-0.2, -0.15) is 19.2 Å². The van der Waals surface area contributed by atoms with Crippen LogP contribution in [0.15, 0.2) is 12.1 Å². The Bertz CT molecular complexity index is 1040. The van der Waals surface area contributed by atoms with E-state index in [4.69, 9.17) is 33.4 Å². The van der Waals surface area contributed by atoms with Gasteiger partial charge in [-0.05, 0) is 66.4 Å². The highest BCUT2D eigenvalue weighted by Gasteiger charge is 2.48. The number of carbonyl (C=O) groups is 1. The number of nitro benzene ring substituents is 1. The molecule has 2 aliphatic heterocycles. The summed E-state index contributed by atoms with van der Waals surface area (Å²) in [5.74, 6) is 1.05. The SMILES string of the molecule is CCC[C@H]1CN(C(=O)OC(C)(C)C)N(C(C)(C)C)[C@@H]1Cc1cc2c(cc1[N+](=O)[O-])OCO2.O=C=O.O=C=O. The van der Waals surface area contributed by atoms with Crippen molar-refractivity contribution in [3.8, 4) is 11.5 Å². The van der Waals surface area contributed by atoms with Crippen molar-refractivity contribution in [1.29, 1.82) is 0 Å². The van der Waals surface area contributed by atoms with Crippen molar-refractivity contribution in [1.82, 2.24) is 10.0 Å². The first kappa shape index (κ1) is 32.2. The Balaban J connectivity index is 0.00000110. The number of hydrogen-bond acceptors (Lipinski definition) is 11. The summed E-state index contributed by atoms with van der Waals surface area (Å²) in [6, 6.07) is 3.04. The fraction of sp³-hybridized carbons (Fsp3) is 0.640. The second-order valence-electron chi connectivity index (χ2n) is 10.7. The van der Waals surface area contributed by atoms with E-state index in [9.17, 15) is 14.9 Å². The lowest BCUT2D eigenvalue weighted by Gasteiger charge is -2.42. The maximum atomic E-state index is 13.1. The van der Waals surface area contributed by atoms with Crippen molar-refractivity contribution in [2.45, 2.75) is 84.9 Å². The van der Waals surface area contributed by atoms with Crippen LogP contribution >= 0.6 is 0 Å². The summed E-state index contributed by atoms with van der Waals surface area (Å²) in [4.78, 5) is 57.1. The maximum absolute atomic E-state index is 13.1. The van der Waals surface area contributed by atoms with E-state index >= 15 is 0 Å². The van der Waals surface area contributed by atoms with Gasteiger partial charge in [0, 0.05) is 23.7 Å². The standard InChI is InChI=1S/C23H35N3O6.2CO2/c1-8-9-15-13-24(21(27)32-23(5,6)7)25(22(2,3)4)17(15)10-16-11-19-20(31-14-30-19)12-18(16)26(28)29;2*2-1-3/h11-12,15,17H,8-10,13-14H2,1-7H3;;/t15-,17+;;/m0../s1. The number of ether oxygens (including phenoxy) is 3. The lowest BCUT2D eigenvalue weighted by atomic mass is 9.89. The monoisotopic (exact) mass is 537 g/mol. The van der Waals surface area contributed by atoms with Crippen molar-refractivity contribution in [3.05, 3.63) is 27.8 Å². The van der Waals surface area contributed by atoms with E-state index in [2.05, 4.69) is 11.9 Å². The van der Waals surface area contributed by atoms with E-state index in [0.717, 1.165) is 12.8 Å². The van der Waals surface area contributed by atoms with Gasteiger partial charge in [0.05, 0.1) is 11.0 Å². The second-order valence-corrected chi connectivity index (χ2v) is 10.7. The van der Waals surface area contributed by atoms with Gasteiger partial charge < -0.3 is 14.2 Å². The predicted molar refractivity (Wildman–Crippen MR) is 130 cm³/mol. The van der Waals surface area contributed by atoms with Crippen molar-refractivity contribution in [2.24, 2.45) is 5.92 Å². The van der Waals surface area contributed by atoms with Crippen LogP contribution in [-0.2, 0) is 30.3 Å². The Morgan fingerprint density at radius 2 is 1.61 bits per heavy atom. The number of hydrogen-bond donors (Lipinski definition) is 0. The minimum atomic E-state index is -0.616. The molecule has 13 nitrogen and oxygen atoms in total. The minimum Gasteiger partial charge on any atom is -0.454 e. The van der Waals surface area contributed by atoms with Crippen molar-refractivity contribution in [2.75, 3.05) is 13.3 Å². The number of nitrogens with zero attached hydrogens (tertiary/aromatic N) is 3. The van der Waals surface area contributed by atoms with Crippen LogP contribution in [0.25, 0.3) is 0 Å². The molecule has 0 bridgehead atoms. The number of fused-ring (bicyclic) bond motifs is 1. The molecule has 2 aliphatic rings. The van der Waals surface area contributed by atoms with E-state index in [1.54, 1.807) is 11.1 Å². The Morgan fingerprint density at radius 1 is 1.08 bits per heavy atom. The van der Waals surface area contributed by atoms with Crippen molar-refractivity contribution < 1.29 is 43.1 Å². The van der Waals surface area contributed by atoms with Gasteiger partial charge in [0.25, 0.3) is 5.69 Å². The molecule has 2 atom stereocenters. The van der Waals surface area contributed by atoms with Gasteiger partial charge in [-0.25, -0.2) is 14.8 Å². The van der Waals surface area contributed by atoms with E-state index in [-0.39, 0.29) is 41.7 Å².